The minimum atomic E-state index is 0.773. The molecule has 0 heterocycles. The van der Waals surface area contributed by atoms with Crippen molar-refractivity contribution in [2.24, 2.45) is 28.6 Å². The Bertz CT molecular complexity index is 334. The van der Waals surface area contributed by atoms with Crippen LogP contribution in [0, 0.1) is 28.6 Å². The van der Waals surface area contributed by atoms with Gasteiger partial charge in [-0.25, -0.2) is 0 Å². The third-order valence-corrected chi connectivity index (χ3v) is 5.91. The molecule has 0 radical (unpaired) electrons. The summed E-state index contributed by atoms with van der Waals surface area (Å²) in [4.78, 5) is 0. The predicted molar refractivity (Wildman–Crippen MR) is 73.8 cm³/mol. The van der Waals surface area contributed by atoms with Gasteiger partial charge >= 0.3 is 0 Å². The Morgan fingerprint density at radius 2 is 2.00 bits per heavy atom. The van der Waals surface area contributed by atoms with E-state index in [-0.39, 0.29) is 0 Å². The minimum Gasteiger partial charge on any atom is -0.100 e. The van der Waals surface area contributed by atoms with E-state index >= 15 is 0 Å². The van der Waals surface area contributed by atoms with Crippen LogP contribution in [0.1, 0.15) is 65.7 Å². The number of hydrogen-bond donors (Lipinski definition) is 0. The number of allylic oxidation sites excluding steroid dienone is 1. The van der Waals surface area contributed by atoms with E-state index in [0.717, 1.165) is 22.7 Å². The largest absolute Gasteiger partial charge is 0.100 e. The quantitative estimate of drug-likeness (QED) is 0.530. The van der Waals surface area contributed by atoms with Crippen LogP contribution in [0.25, 0.3) is 0 Å². The molecule has 3 saturated carbocycles. The summed E-state index contributed by atoms with van der Waals surface area (Å²) in [5.41, 5.74) is 3.05. The van der Waals surface area contributed by atoms with Crippen LogP contribution in [0.3, 0.4) is 0 Å². The summed E-state index contributed by atoms with van der Waals surface area (Å²) in [5.74, 6) is 3.08. The molecule has 0 saturated heterocycles. The first-order valence-corrected chi connectivity index (χ1v) is 7.66. The molecule has 3 atom stereocenters. The molecule has 0 aromatic heterocycles. The van der Waals surface area contributed by atoms with Crippen molar-refractivity contribution < 1.29 is 0 Å². The molecule has 0 heteroatoms. The average molecular weight is 232 g/mol. The molecule has 96 valence electrons. The highest BCUT2D eigenvalue weighted by atomic mass is 14.8. The van der Waals surface area contributed by atoms with E-state index < -0.39 is 0 Å². The maximum Gasteiger partial charge on any atom is -0.0258 e. The molecule has 0 aromatic rings. The molecule has 0 bridgehead atoms. The van der Waals surface area contributed by atoms with Crippen molar-refractivity contribution in [1.82, 2.24) is 0 Å². The van der Waals surface area contributed by atoms with Crippen molar-refractivity contribution in [3.8, 4) is 0 Å². The summed E-state index contributed by atoms with van der Waals surface area (Å²) < 4.78 is 0. The zero-order valence-electron chi connectivity index (χ0n) is 11.9. The fourth-order valence-electron chi connectivity index (χ4n) is 4.75. The topological polar surface area (TPSA) is 0 Å². The lowest BCUT2D eigenvalue weighted by molar-refractivity contribution is 0.292. The van der Waals surface area contributed by atoms with Crippen molar-refractivity contribution in [2.75, 3.05) is 0 Å². The molecule has 0 aliphatic heterocycles. The van der Waals surface area contributed by atoms with E-state index in [1.54, 1.807) is 19.3 Å². The van der Waals surface area contributed by atoms with Gasteiger partial charge in [-0.3, -0.25) is 0 Å². The van der Waals surface area contributed by atoms with Gasteiger partial charge in [0.15, 0.2) is 0 Å². The van der Waals surface area contributed by atoms with Crippen LogP contribution >= 0.6 is 0 Å². The van der Waals surface area contributed by atoms with Gasteiger partial charge in [0, 0.05) is 0 Å². The van der Waals surface area contributed by atoms with Gasteiger partial charge in [0.05, 0.1) is 0 Å². The Morgan fingerprint density at radius 1 is 1.35 bits per heavy atom. The maximum atomic E-state index is 4.09. The Balaban J connectivity index is 1.60. The van der Waals surface area contributed by atoms with Gasteiger partial charge in [0.25, 0.3) is 0 Å². The first-order valence-electron chi connectivity index (χ1n) is 7.66. The van der Waals surface area contributed by atoms with Crippen molar-refractivity contribution >= 4 is 0 Å². The zero-order valence-corrected chi connectivity index (χ0v) is 11.9. The highest BCUT2D eigenvalue weighted by molar-refractivity contribution is 5.23. The lowest BCUT2D eigenvalue weighted by atomic mass is 9.83. The van der Waals surface area contributed by atoms with E-state index in [2.05, 4.69) is 27.4 Å². The Labute approximate surface area is 107 Å². The summed E-state index contributed by atoms with van der Waals surface area (Å²) in [7, 11) is 0. The lowest BCUT2D eigenvalue weighted by Gasteiger charge is -2.22. The average Bonchev–Trinajstić information content (AvgIpc) is 3.05. The summed E-state index contributed by atoms with van der Waals surface area (Å²) in [6.45, 7) is 11.1. The fraction of sp³-hybridized carbons (Fsp3) is 0.882. The maximum absolute atomic E-state index is 4.09. The molecule has 0 N–H and O–H groups in total. The molecule has 3 rings (SSSR count). The van der Waals surface area contributed by atoms with Crippen LogP contribution in [0.4, 0.5) is 0 Å². The van der Waals surface area contributed by atoms with Gasteiger partial charge in [-0.2, -0.15) is 0 Å². The third-order valence-electron chi connectivity index (χ3n) is 5.91. The number of fused-ring (bicyclic) bond motifs is 1. The highest BCUT2D eigenvalue weighted by Gasteiger charge is 2.73. The molecule has 3 unspecified atom stereocenters. The van der Waals surface area contributed by atoms with Gasteiger partial charge in [0.1, 0.15) is 0 Å². The fourth-order valence-corrected chi connectivity index (χ4v) is 4.75. The summed E-state index contributed by atoms with van der Waals surface area (Å²) >= 11 is 0. The Hall–Kier alpha value is -0.260. The second kappa shape index (κ2) is 3.62. The number of rotatable bonds is 7. The van der Waals surface area contributed by atoms with Crippen LogP contribution < -0.4 is 0 Å². The molecular formula is C17H28. The minimum absolute atomic E-state index is 0.773. The molecule has 3 fully saturated rings. The van der Waals surface area contributed by atoms with Gasteiger partial charge in [0.2, 0.25) is 0 Å². The summed E-state index contributed by atoms with van der Waals surface area (Å²) in [6.07, 6.45) is 10.4. The molecule has 0 aromatic carbocycles. The molecule has 17 heavy (non-hydrogen) atoms. The van der Waals surface area contributed by atoms with Crippen LogP contribution in [-0.4, -0.2) is 0 Å². The van der Waals surface area contributed by atoms with E-state index in [4.69, 9.17) is 0 Å². The van der Waals surface area contributed by atoms with Gasteiger partial charge in [-0.1, -0.05) is 25.8 Å². The van der Waals surface area contributed by atoms with E-state index in [9.17, 15) is 0 Å². The smallest absolute Gasteiger partial charge is 0.0258 e. The van der Waals surface area contributed by atoms with Gasteiger partial charge < -0.3 is 0 Å². The van der Waals surface area contributed by atoms with E-state index in [1.165, 1.54) is 37.2 Å². The first kappa shape index (κ1) is 11.8. The Kier molecular flexibility index (Phi) is 2.51. The van der Waals surface area contributed by atoms with Crippen LogP contribution in [0.15, 0.2) is 12.2 Å². The standard InChI is InChI=1S/C17H28/c1-5-6-16(11-17-8-14(17)9-17)10-15(16)13(4)7-12(2)3/h13-15H,2,5-11H2,1,3-4H3. The van der Waals surface area contributed by atoms with Crippen LogP contribution in [0.5, 0.6) is 0 Å². The van der Waals surface area contributed by atoms with Crippen molar-refractivity contribution in [3.63, 3.8) is 0 Å². The second-order valence-corrected chi connectivity index (χ2v) is 7.71. The third kappa shape index (κ3) is 1.98. The lowest BCUT2D eigenvalue weighted by Crippen LogP contribution is -2.12. The zero-order chi connectivity index (χ0) is 12.3. The van der Waals surface area contributed by atoms with Crippen LogP contribution in [0.2, 0.25) is 0 Å². The van der Waals surface area contributed by atoms with Gasteiger partial charge in [-0.15, -0.1) is 6.58 Å². The Morgan fingerprint density at radius 3 is 2.47 bits per heavy atom. The molecular weight excluding hydrogens is 204 g/mol. The molecule has 0 spiro atoms. The normalized spacial score (nSPS) is 47.2. The molecule has 0 amide bonds. The molecule has 3 aliphatic carbocycles. The van der Waals surface area contributed by atoms with Crippen molar-refractivity contribution in [1.29, 1.82) is 0 Å². The van der Waals surface area contributed by atoms with Crippen LogP contribution in [-0.2, 0) is 0 Å². The highest BCUT2D eigenvalue weighted by Crippen LogP contribution is 2.82. The summed E-state index contributed by atoms with van der Waals surface area (Å²) in [5, 5.41) is 0. The van der Waals surface area contributed by atoms with Crippen molar-refractivity contribution in [3.05, 3.63) is 12.2 Å². The van der Waals surface area contributed by atoms with Crippen molar-refractivity contribution in [2.45, 2.75) is 65.7 Å². The summed E-state index contributed by atoms with van der Waals surface area (Å²) in [6, 6.07) is 0. The molecule has 0 nitrogen and oxygen atoms in total. The monoisotopic (exact) mass is 232 g/mol. The predicted octanol–water partition coefficient (Wildman–Crippen LogP) is 5.20. The molecule has 3 aliphatic rings. The SMILES string of the molecule is C=C(C)CC(C)C1CC1(CCC)CC12CC1C2. The van der Waals surface area contributed by atoms with E-state index in [1.807, 2.05) is 0 Å². The van der Waals surface area contributed by atoms with Gasteiger partial charge in [-0.05, 0) is 74.0 Å². The first-order chi connectivity index (χ1) is 8.01. The second-order valence-electron chi connectivity index (χ2n) is 7.71. The van der Waals surface area contributed by atoms with E-state index in [0.29, 0.717) is 0 Å². The number of hydrogen-bond acceptors (Lipinski definition) is 0.